The van der Waals surface area contributed by atoms with Crippen molar-refractivity contribution in [3.05, 3.63) is 61.3 Å². The van der Waals surface area contributed by atoms with Gasteiger partial charge in [0.1, 0.15) is 5.82 Å². The predicted octanol–water partition coefficient (Wildman–Crippen LogP) is 4.14. The molecule has 0 amide bonds. The van der Waals surface area contributed by atoms with Crippen molar-refractivity contribution in [1.82, 2.24) is 4.72 Å². The number of aromatic carboxylic acids is 1. The summed E-state index contributed by atoms with van der Waals surface area (Å²) in [5.74, 6) is -1.77. The highest BCUT2D eigenvalue weighted by molar-refractivity contribution is 9.10. The summed E-state index contributed by atoms with van der Waals surface area (Å²) in [6.07, 6.45) is 0. The van der Waals surface area contributed by atoms with E-state index in [4.69, 9.17) is 0 Å². The quantitative estimate of drug-likeness (QED) is 0.654. The number of rotatable bonds is 5. The van der Waals surface area contributed by atoms with Crippen LogP contribution in [-0.2, 0) is 16.6 Å². The predicted molar refractivity (Wildman–Crippen MR) is 98.7 cm³/mol. The van der Waals surface area contributed by atoms with Crippen LogP contribution in [0.1, 0.15) is 27.0 Å². The number of benzene rings is 2. The molecule has 0 bridgehead atoms. The minimum absolute atomic E-state index is 0.124. The summed E-state index contributed by atoms with van der Waals surface area (Å²) in [4.78, 5) is 11.1. The number of sulfonamides is 1. The van der Waals surface area contributed by atoms with E-state index in [-0.39, 0.29) is 22.6 Å². The zero-order valence-corrected chi connectivity index (χ0v) is 17.2. The van der Waals surface area contributed by atoms with Gasteiger partial charge in [-0.2, -0.15) is 0 Å². The molecule has 2 rings (SSSR count). The monoisotopic (exact) mass is 493 g/mol. The lowest BCUT2D eigenvalue weighted by Gasteiger charge is -2.12. The second kappa shape index (κ2) is 7.53. The van der Waals surface area contributed by atoms with Gasteiger partial charge in [0.25, 0.3) is 0 Å². The summed E-state index contributed by atoms with van der Waals surface area (Å²) < 4.78 is 42.2. The maximum atomic E-state index is 14.0. The van der Waals surface area contributed by atoms with E-state index in [1.807, 2.05) is 0 Å². The molecule has 9 heteroatoms. The molecule has 0 heterocycles. The van der Waals surface area contributed by atoms with E-state index in [9.17, 15) is 22.7 Å². The molecule has 0 aliphatic rings. The van der Waals surface area contributed by atoms with Gasteiger partial charge >= 0.3 is 5.97 Å². The summed E-state index contributed by atoms with van der Waals surface area (Å²) in [5.41, 5.74) is 1.10. The summed E-state index contributed by atoms with van der Waals surface area (Å²) >= 11 is 6.34. The van der Waals surface area contributed by atoms with Crippen molar-refractivity contribution in [2.45, 2.75) is 25.3 Å². The molecular weight excluding hydrogens is 481 g/mol. The number of hydrogen-bond donors (Lipinski definition) is 2. The van der Waals surface area contributed by atoms with Crippen molar-refractivity contribution < 1.29 is 22.7 Å². The first-order valence-electron chi connectivity index (χ1n) is 7.00. The van der Waals surface area contributed by atoms with Crippen molar-refractivity contribution in [1.29, 1.82) is 0 Å². The molecule has 0 spiro atoms. The van der Waals surface area contributed by atoms with Crippen LogP contribution >= 0.6 is 31.9 Å². The van der Waals surface area contributed by atoms with Crippen molar-refractivity contribution in [2.24, 2.45) is 0 Å². The molecule has 2 aromatic rings. The third kappa shape index (κ3) is 4.46. The van der Waals surface area contributed by atoms with Gasteiger partial charge in [0, 0.05) is 21.1 Å². The molecule has 0 saturated carbocycles. The van der Waals surface area contributed by atoms with Crippen molar-refractivity contribution in [3.63, 3.8) is 0 Å². The molecular formula is C16H14Br2FNO4S. The molecule has 0 saturated heterocycles. The van der Waals surface area contributed by atoms with Crippen LogP contribution in [0.5, 0.6) is 0 Å². The van der Waals surface area contributed by atoms with Gasteiger partial charge in [0.05, 0.1) is 10.5 Å². The molecule has 25 heavy (non-hydrogen) atoms. The largest absolute Gasteiger partial charge is 0.478 e. The zero-order valence-electron chi connectivity index (χ0n) is 13.2. The lowest BCUT2D eigenvalue weighted by Crippen LogP contribution is -2.24. The number of nitrogens with one attached hydrogen (secondary N) is 1. The lowest BCUT2D eigenvalue weighted by atomic mass is 10.1. The molecule has 134 valence electrons. The number of carbonyl (C=O) groups is 1. The maximum absolute atomic E-state index is 14.0. The van der Waals surface area contributed by atoms with Crippen LogP contribution in [0.15, 0.2) is 38.1 Å². The van der Waals surface area contributed by atoms with Crippen LogP contribution < -0.4 is 4.72 Å². The van der Waals surface area contributed by atoms with Gasteiger partial charge in [-0.1, -0.05) is 31.9 Å². The van der Waals surface area contributed by atoms with E-state index in [0.29, 0.717) is 20.1 Å². The smallest absolute Gasteiger partial charge is 0.336 e. The molecule has 0 aromatic heterocycles. The fourth-order valence-electron chi connectivity index (χ4n) is 2.24. The first kappa shape index (κ1) is 20.0. The number of halogens is 3. The number of aryl methyl sites for hydroxylation is 1. The minimum atomic E-state index is -4.02. The standard InChI is InChI=1S/C16H14Br2FNO4S/c1-8-3-10(17)4-15(19)13(8)7-20-25(23,24)11-5-12(16(21)22)9(2)14(18)6-11/h3-6,20H,7H2,1-2H3,(H,21,22). The highest BCUT2D eigenvalue weighted by atomic mass is 79.9. The Morgan fingerprint density at radius 3 is 2.40 bits per heavy atom. The molecule has 0 radical (unpaired) electrons. The molecule has 5 nitrogen and oxygen atoms in total. The number of carboxylic acid groups (broad SMARTS) is 1. The maximum Gasteiger partial charge on any atom is 0.336 e. The van der Waals surface area contributed by atoms with E-state index in [1.165, 1.54) is 12.1 Å². The van der Waals surface area contributed by atoms with Crippen LogP contribution in [0.25, 0.3) is 0 Å². The van der Waals surface area contributed by atoms with Gasteiger partial charge in [-0.05, 0) is 49.2 Å². The molecule has 0 atom stereocenters. The first-order valence-corrected chi connectivity index (χ1v) is 10.1. The van der Waals surface area contributed by atoms with Crippen molar-refractivity contribution in [3.8, 4) is 0 Å². The van der Waals surface area contributed by atoms with Gasteiger partial charge in [0.2, 0.25) is 10.0 Å². The minimum Gasteiger partial charge on any atom is -0.478 e. The third-order valence-corrected chi connectivity index (χ3v) is 6.34. The Hall–Kier alpha value is -1.29. The second-order valence-electron chi connectivity index (χ2n) is 5.39. The fourth-order valence-corrected chi connectivity index (χ4v) is 4.44. The molecule has 2 N–H and O–H groups in total. The molecule has 0 aliphatic heterocycles. The van der Waals surface area contributed by atoms with Gasteiger partial charge in [-0.3, -0.25) is 0 Å². The van der Waals surface area contributed by atoms with Crippen LogP contribution in [0.2, 0.25) is 0 Å². The van der Waals surface area contributed by atoms with Gasteiger partial charge in [-0.25, -0.2) is 22.3 Å². The Kier molecular flexibility index (Phi) is 6.03. The topological polar surface area (TPSA) is 83.5 Å². The van der Waals surface area contributed by atoms with Crippen LogP contribution in [0, 0.1) is 19.7 Å². The Bertz CT molecular complexity index is 938. The van der Waals surface area contributed by atoms with Gasteiger partial charge in [0.15, 0.2) is 0 Å². The highest BCUT2D eigenvalue weighted by Gasteiger charge is 2.21. The normalized spacial score (nSPS) is 11.6. The molecule has 2 aromatic carbocycles. The second-order valence-corrected chi connectivity index (χ2v) is 8.93. The van der Waals surface area contributed by atoms with Crippen molar-refractivity contribution >= 4 is 47.9 Å². The zero-order chi connectivity index (χ0) is 18.9. The van der Waals surface area contributed by atoms with E-state index in [2.05, 4.69) is 36.6 Å². The molecule has 0 fully saturated rings. The number of hydrogen-bond acceptors (Lipinski definition) is 3. The van der Waals surface area contributed by atoms with E-state index < -0.39 is 21.8 Å². The Labute approximate surface area is 161 Å². The first-order chi connectivity index (χ1) is 11.5. The summed E-state index contributed by atoms with van der Waals surface area (Å²) in [7, 11) is -4.02. The van der Waals surface area contributed by atoms with Gasteiger partial charge in [-0.15, -0.1) is 0 Å². The third-order valence-electron chi connectivity index (χ3n) is 3.68. The molecule has 0 unspecified atom stereocenters. The average Bonchev–Trinajstić information content (AvgIpc) is 2.48. The van der Waals surface area contributed by atoms with Crippen LogP contribution in [-0.4, -0.2) is 19.5 Å². The van der Waals surface area contributed by atoms with Gasteiger partial charge < -0.3 is 5.11 Å². The Balaban J connectivity index is 2.36. The van der Waals surface area contributed by atoms with Crippen LogP contribution in [0.3, 0.4) is 0 Å². The summed E-state index contributed by atoms with van der Waals surface area (Å²) in [5, 5.41) is 9.20. The Morgan fingerprint density at radius 2 is 1.84 bits per heavy atom. The number of carboxylic acids is 1. The SMILES string of the molecule is Cc1cc(Br)cc(F)c1CNS(=O)(=O)c1cc(Br)c(C)c(C(=O)O)c1. The fraction of sp³-hybridized carbons (Fsp3) is 0.188. The Morgan fingerprint density at radius 1 is 1.20 bits per heavy atom. The average molecular weight is 495 g/mol. The summed E-state index contributed by atoms with van der Waals surface area (Å²) in [6.45, 7) is 2.99. The lowest BCUT2D eigenvalue weighted by molar-refractivity contribution is 0.0695. The highest BCUT2D eigenvalue weighted by Crippen LogP contribution is 2.26. The van der Waals surface area contributed by atoms with Crippen molar-refractivity contribution in [2.75, 3.05) is 0 Å². The van der Waals surface area contributed by atoms with E-state index in [0.717, 1.165) is 6.07 Å². The summed E-state index contributed by atoms with van der Waals surface area (Å²) in [6, 6.07) is 5.32. The van der Waals surface area contributed by atoms with E-state index >= 15 is 0 Å². The van der Waals surface area contributed by atoms with Crippen LogP contribution in [0.4, 0.5) is 4.39 Å². The van der Waals surface area contributed by atoms with E-state index in [1.54, 1.807) is 19.9 Å². The molecule has 0 aliphatic carbocycles.